The van der Waals surface area contributed by atoms with E-state index in [1.807, 2.05) is 38.1 Å². The molecule has 0 saturated heterocycles. The molecule has 1 nitrogen and oxygen atoms in total. The van der Waals surface area contributed by atoms with Gasteiger partial charge < -0.3 is 4.74 Å². The van der Waals surface area contributed by atoms with E-state index in [0.717, 1.165) is 5.75 Å². The standard InChI is InChI=1S/C9H11O.Cr/c1-8(2)10-9-6-4-3-5-7-9;/h3-6,8H,1-2H3;/q-1;. The van der Waals surface area contributed by atoms with Crippen molar-refractivity contribution in [3.05, 3.63) is 30.3 Å². The molecular formula is C9H11CrO-. The zero-order valence-electron chi connectivity index (χ0n) is 6.70. The summed E-state index contributed by atoms with van der Waals surface area (Å²) in [6, 6.07) is 10.6. The van der Waals surface area contributed by atoms with Crippen LogP contribution in [0.5, 0.6) is 5.75 Å². The van der Waals surface area contributed by atoms with E-state index in [9.17, 15) is 0 Å². The second-order valence-corrected chi connectivity index (χ2v) is 2.39. The topological polar surface area (TPSA) is 9.23 Å². The first-order chi connectivity index (χ1) is 4.79. The molecule has 0 radical (unpaired) electrons. The molecular weight excluding hydrogens is 176 g/mol. The van der Waals surface area contributed by atoms with Gasteiger partial charge in [-0.05, 0) is 13.8 Å². The van der Waals surface area contributed by atoms with Crippen molar-refractivity contribution in [2.75, 3.05) is 0 Å². The molecule has 0 amide bonds. The Kier molecular flexibility index (Phi) is 5.02. The quantitative estimate of drug-likeness (QED) is 0.645. The van der Waals surface area contributed by atoms with Gasteiger partial charge in [-0.3, -0.25) is 0 Å². The second kappa shape index (κ2) is 5.24. The summed E-state index contributed by atoms with van der Waals surface area (Å²) < 4.78 is 5.36. The third-order valence-corrected chi connectivity index (χ3v) is 1.04. The molecule has 11 heavy (non-hydrogen) atoms. The summed E-state index contributed by atoms with van der Waals surface area (Å²) in [7, 11) is 0. The molecule has 1 rings (SSSR count). The average Bonchev–Trinajstić information content (AvgIpc) is 1.88. The zero-order chi connectivity index (χ0) is 7.40. The van der Waals surface area contributed by atoms with E-state index in [-0.39, 0.29) is 23.5 Å². The summed E-state index contributed by atoms with van der Waals surface area (Å²) in [5, 5.41) is 0. The number of rotatable bonds is 2. The Labute approximate surface area is 78.5 Å². The Morgan fingerprint density at radius 1 is 1.36 bits per heavy atom. The van der Waals surface area contributed by atoms with Crippen LogP contribution >= 0.6 is 0 Å². The summed E-state index contributed by atoms with van der Waals surface area (Å²) in [6.45, 7) is 4.00. The van der Waals surface area contributed by atoms with Gasteiger partial charge in [0.1, 0.15) is 0 Å². The van der Waals surface area contributed by atoms with Gasteiger partial charge in [0.05, 0.1) is 6.10 Å². The van der Waals surface area contributed by atoms with E-state index in [1.165, 1.54) is 0 Å². The first-order valence-electron chi connectivity index (χ1n) is 3.42. The molecule has 0 spiro atoms. The van der Waals surface area contributed by atoms with E-state index in [1.54, 1.807) is 0 Å². The molecule has 0 bridgehead atoms. The number of hydrogen-bond acceptors (Lipinski definition) is 1. The summed E-state index contributed by atoms with van der Waals surface area (Å²) in [5.41, 5.74) is 0. The molecule has 60 valence electrons. The van der Waals surface area contributed by atoms with Crippen LogP contribution < -0.4 is 4.74 Å². The van der Waals surface area contributed by atoms with Crippen molar-refractivity contribution in [2.24, 2.45) is 0 Å². The van der Waals surface area contributed by atoms with Gasteiger partial charge in [-0.2, -0.15) is 18.2 Å². The second-order valence-electron chi connectivity index (χ2n) is 2.39. The molecule has 0 aromatic heterocycles. The van der Waals surface area contributed by atoms with Crippen molar-refractivity contribution in [3.63, 3.8) is 0 Å². The smallest absolute Gasteiger partial charge is 0.0899 e. The Morgan fingerprint density at radius 3 is 2.55 bits per heavy atom. The number of hydrogen-bond donors (Lipinski definition) is 0. The van der Waals surface area contributed by atoms with Crippen LogP contribution in [0.15, 0.2) is 24.3 Å². The number of para-hydroxylation sites is 1. The Hall–Kier alpha value is -0.448. The molecule has 0 aliphatic rings. The van der Waals surface area contributed by atoms with Crippen LogP contribution in [0, 0.1) is 6.07 Å². The summed E-state index contributed by atoms with van der Waals surface area (Å²) in [5.74, 6) is 0.817. The van der Waals surface area contributed by atoms with Gasteiger partial charge in [0.25, 0.3) is 0 Å². The molecule has 0 unspecified atom stereocenters. The van der Waals surface area contributed by atoms with Crippen LogP contribution in [0.4, 0.5) is 0 Å². The van der Waals surface area contributed by atoms with Crippen molar-refractivity contribution in [1.29, 1.82) is 0 Å². The van der Waals surface area contributed by atoms with Crippen molar-refractivity contribution >= 4 is 0 Å². The summed E-state index contributed by atoms with van der Waals surface area (Å²) >= 11 is 0. The van der Waals surface area contributed by atoms with Gasteiger partial charge in [0.2, 0.25) is 0 Å². The van der Waals surface area contributed by atoms with E-state index in [0.29, 0.717) is 0 Å². The molecule has 0 fully saturated rings. The van der Waals surface area contributed by atoms with Crippen molar-refractivity contribution in [2.45, 2.75) is 20.0 Å². The normalized spacial score (nSPS) is 9.00. The van der Waals surface area contributed by atoms with E-state index in [4.69, 9.17) is 4.74 Å². The van der Waals surface area contributed by atoms with Crippen LogP contribution in [-0.4, -0.2) is 6.10 Å². The minimum absolute atomic E-state index is 0. The van der Waals surface area contributed by atoms with Gasteiger partial charge in [0.15, 0.2) is 0 Å². The first-order valence-corrected chi connectivity index (χ1v) is 3.42. The van der Waals surface area contributed by atoms with Crippen molar-refractivity contribution in [3.8, 4) is 5.75 Å². The maximum Gasteiger partial charge on any atom is 0.0899 e. The molecule has 0 saturated carbocycles. The van der Waals surface area contributed by atoms with E-state index >= 15 is 0 Å². The van der Waals surface area contributed by atoms with Crippen molar-refractivity contribution < 1.29 is 22.1 Å². The predicted octanol–water partition coefficient (Wildman–Crippen LogP) is 2.27. The molecule has 0 aliphatic heterocycles. The molecule has 0 heterocycles. The SMILES string of the molecule is CC(C)Oc1[c-]cccc1.[Cr]. The van der Waals surface area contributed by atoms with Gasteiger partial charge in [-0.25, -0.2) is 0 Å². The molecule has 0 N–H and O–H groups in total. The maximum absolute atomic E-state index is 5.36. The Balaban J connectivity index is 0.000001000. The Morgan fingerprint density at radius 2 is 2.09 bits per heavy atom. The van der Waals surface area contributed by atoms with Crippen LogP contribution in [-0.2, 0) is 17.4 Å². The summed E-state index contributed by atoms with van der Waals surface area (Å²) in [6.07, 6.45) is 0.235. The third-order valence-electron chi connectivity index (χ3n) is 1.04. The molecule has 2 heteroatoms. The minimum Gasteiger partial charge on any atom is -0.517 e. The van der Waals surface area contributed by atoms with Crippen LogP contribution in [0.3, 0.4) is 0 Å². The molecule has 1 aromatic carbocycles. The molecule has 0 atom stereocenters. The van der Waals surface area contributed by atoms with Gasteiger partial charge in [0, 0.05) is 23.1 Å². The van der Waals surface area contributed by atoms with Gasteiger partial charge in [-0.1, -0.05) is 0 Å². The number of benzene rings is 1. The molecule has 1 aromatic rings. The third kappa shape index (κ3) is 4.08. The fraction of sp³-hybridized carbons (Fsp3) is 0.333. The monoisotopic (exact) mass is 187 g/mol. The fourth-order valence-corrected chi connectivity index (χ4v) is 0.704. The predicted molar refractivity (Wildman–Crippen MR) is 41.0 cm³/mol. The number of ether oxygens (including phenoxy) is 1. The largest absolute Gasteiger partial charge is 0.517 e. The summed E-state index contributed by atoms with van der Waals surface area (Å²) in [4.78, 5) is 0. The van der Waals surface area contributed by atoms with Crippen molar-refractivity contribution in [1.82, 2.24) is 0 Å². The first kappa shape index (κ1) is 10.6. The maximum atomic E-state index is 5.36. The fourth-order valence-electron chi connectivity index (χ4n) is 0.704. The van der Waals surface area contributed by atoms with Gasteiger partial charge in [-0.15, -0.1) is 12.1 Å². The van der Waals surface area contributed by atoms with E-state index in [2.05, 4.69) is 6.07 Å². The van der Waals surface area contributed by atoms with Crippen LogP contribution in [0.1, 0.15) is 13.8 Å². The minimum atomic E-state index is 0. The zero-order valence-corrected chi connectivity index (χ0v) is 7.98. The molecule has 0 aliphatic carbocycles. The average molecular weight is 187 g/mol. The Bertz CT molecular complexity index is 184. The van der Waals surface area contributed by atoms with Gasteiger partial charge >= 0.3 is 0 Å². The van der Waals surface area contributed by atoms with Crippen LogP contribution in [0.2, 0.25) is 0 Å². The van der Waals surface area contributed by atoms with Crippen LogP contribution in [0.25, 0.3) is 0 Å². The van der Waals surface area contributed by atoms with E-state index < -0.39 is 0 Å².